The molecule has 3 rings (SSSR count). The van der Waals surface area contributed by atoms with Crippen molar-refractivity contribution in [3.63, 3.8) is 0 Å². The first kappa shape index (κ1) is 15.1. The van der Waals surface area contributed by atoms with Crippen molar-refractivity contribution >= 4 is 17.3 Å². The molecular formula is C20H16O3. The van der Waals surface area contributed by atoms with E-state index in [0.717, 1.165) is 16.7 Å². The van der Waals surface area contributed by atoms with E-state index in [4.69, 9.17) is 0 Å². The van der Waals surface area contributed by atoms with Crippen molar-refractivity contribution in [2.45, 2.75) is 20.8 Å². The van der Waals surface area contributed by atoms with Gasteiger partial charge in [0.2, 0.25) is 0 Å². The van der Waals surface area contributed by atoms with Gasteiger partial charge in [0.05, 0.1) is 0 Å². The zero-order chi connectivity index (χ0) is 16.7. The molecule has 0 atom stereocenters. The van der Waals surface area contributed by atoms with Crippen molar-refractivity contribution in [1.82, 2.24) is 0 Å². The van der Waals surface area contributed by atoms with Crippen molar-refractivity contribution < 1.29 is 14.4 Å². The number of aryl methyl sites for hydroxylation is 3. The van der Waals surface area contributed by atoms with Crippen LogP contribution < -0.4 is 0 Å². The second-order valence-corrected chi connectivity index (χ2v) is 5.89. The summed E-state index contributed by atoms with van der Waals surface area (Å²) in [7, 11) is 0. The highest BCUT2D eigenvalue weighted by atomic mass is 16.1. The number of rotatable bonds is 2. The lowest BCUT2D eigenvalue weighted by molar-refractivity contribution is 0.0984. The van der Waals surface area contributed by atoms with Crippen LogP contribution in [-0.4, -0.2) is 17.3 Å². The first-order valence-electron chi connectivity index (χ1n) is 7.42. The van der Waals surface area contributed by atoms with Crippen LogP contribution in [0.4, 0.5) is 0 Å². The molecule has 0 unspecified atom stereocenters. The van der Waals surface area contributed by atoms with E-state index in [1.807, 2.05) is 32.9 Å². The maximum absolute atomic E-state index is 13.0. The van der Waals surface area contributed by atoms with Gasteiger partial charge in [0, 0.05) is 22.3 Å². The maximum Gasteiger partial charge on any atom is 0.194 e. The van der Waals surface area contributed by atoms with E-state index < -0.39 is 0 Å². The summed E-state index contributed by atoms with van der Waals surface area (Å²) in [5.41, 5.74) is 4.22. The number of allylic oxidation sites excluding steroid dienone is 2. The van der Waals surface area contributed by atoms with Crippen LogP contribution in [0.25, 0.3) is 0 Å². The molecule has 0 aromatic heterocycles. The van der Waals surface area contributed by atoms with Crippen LogP contribution in [0, 0.1) is 20.8 Å². The molecule has 2 aromatic rings. The molecule has 0 saturated heterocycles. The van der Waals surface area contributed by atoms with E-state index in [2.05, 4.69) is 0 Å². The summed E-state index contributed by atoms with van der Waals surface area (Å²) >= 11 is 0. The number of hydrogen-bond acceptors (Lipinski definition) is 3. The second-order valence-electron chi connectivity index (χ2n) is 5.89. The van der Waals surface area contributed by atoms with E-state index in [0.29, 0.717) is 16.7 Å². The molecule has 0 saturated carbocycles. The first-order chi connectivity index (χ1) is 10.9. The summed E-state index contributed by atoms with van der Waals surface area (Å²) in [5, 5.41) is 0. The van der Waals surface area contributed by atoms with Crippen molar-refractivity contribution in [2.24, 2.45) is 0 Å². The average molecular weight is 304 g/mol. The number of carbonyl (C=O) groups is 3. The highest BCUT2D eigenvalue weighted by molar-refractivity contribution is 6.27. The summed E-state index contributed by atoms with van der Waals surface area (Å²) in [6, 6.07) is 8.75. The van der Waals surface area contributed by atoms with Crippen LogP contribution in [0.5, 0.6) is 0 Å². The fourth-order valence-corrected chi connectivity index (χ4v) is 3.21. The van der Waals surface area contributed by atoms with Gasteiger partial charge < -0.3 is 0 Å². The summed E-state index contributed by atoms with van der Waals surface area (Å²) in [5.74, 6) is -0.758. The van der Waals surface area contributed by atoms with E-state index in [1.165, 1.54) is 12.2 Å². The minimum absolute atomic E-state index is 0.212. The Balaban J connectivity index is 2.22. The Morgan fingerprint density at radius 2 is 1.48 bits per heavy atom. The molecule has 2 aromatic carbocycles. The molecule has 114 valence electrons. The largest absolute Gasteiger partial charge is 0.289 e. The third-order valence-electron chi connectivity index (χ3n) is 4.11. The molecule has 1 aliphatic carbocycles. The Hall–Kier alpha value is -2.81. The molecule has 0 radical (unpaired) electrons. The zero-order valence-corrected chi connectivity index (χ0v) is 13.3. The Labute approximate surface area is 134 Å². The Morgan fingerprint density at radius 3 is 2.13 bits per heavy atom. The monoisotopic (exact) mass is 304 g/mol. The van der Waals surface area contributed by atoms with Crippen molar-refractivity contribution in [3.8, 4) is 0 Å². The molecule has 0 heterocycles. The van der Waals surface area contributed by atoms with Gasteiger partial charge in [0.15, 0.2) is 17.3 Å². The standard InChI is InChI=1S/C20H16O3/c1-11-9-12(2)18(13(3)10-11)20(23)15-6-4-5-14-16(21)7-8-17(22)19(14)15/h4-10H,1-3H3. The molecule has 3 heteroatoms. The molecule has 0 fully saturated rings. The lowest BCUT2D eigenvalue weighted by atomic mass is 9.85. The molecule has 0 N–H and O–H groups in total. The van der Waals surface area contributed by atoms with Gasteiger partial charge in [-0.15, -0.1) is 0 Å². The molecular weight excluding hydrogens is 288 g/mol. The lowest BCUT2D eigenvalue weighted by Crippen LogP contribution is -2.18. The summed E-state index contributed by atoms with van der Waals surface area (Å²) in [4.78, 5) is 37.2. The van der Waals surface area contributed by atoms with Gasteiger partial charge in [-0.05, 0) is 44.1 Å². The summed E-state index contributed by atoms with van der Waals surface area (Å²) in [6.07, 6.45) is 2.48. The minimum atomic E-state index is -0.300. The van der Waals surface area contributed by atoms with Gasteiger partial charge in [-0.25, -0.2) is 0 Å². The van der Waals surface area contributed by atoms with E-state index in [9.17, 15) is 14.4 Å². The van der Waals surface area contributed by atoms with Crippen LogP contribution in [-0.2, 0) is 0 Å². The van der Waals surface area contributed by atoms with Gasteiger partial charge in [-0.1, -0.05) is 35.9 Å². The minimum Gasteiger partial charge on any atom is -0.289 e. The lowest BCUT2D eigenvalue weighted by Gasteiger charge is -2.15. The van der Waals surface area contributed by atoms with Crippen molar-refractivity contribution in [3.05, 3.63) is 81.4 Å². The fraction of sp³-hybridized carbons (Fsp3) is 0.150. The molecule has 1 aliphatic rings. The van der Waals surface area contributed by atoms with Gasteiger partial charge in [-0.2, -0.15) is 0 Å². The average Bonchev–Trinajstić information content (AvgIpc) is 2.49. The number of hydrogen-bond donors (Lipinski definition) is 0. The zero-order valence-electron chi connectivity index (χ0n) is 13.3. The van der Waals surface area contributed by atoms with Crippen LogP contribution in [0.15, 0.2) is 42.5 Å². The van der Waals surface area contributed by atoms with E-state index in [-0.39, 0.29) is 22.9 Å². The predicted molar refractivity (Wildman–Crippen MR) is 88.3 cm³/mol. The Kier molecular flexibility index (Phi) is 3.57. The number of ketones is 3. The fourth-order valence-electron chi connectivity index (χ4n) is 3.21. The van der Waals surface area contributed by atoms with Gasteiger partial charge >= 0.3 is 0 Å². The predicted octanol–water partition coefficient (Wildman–Crippen LogP) is 3.78. The number of carbonyl (C=O) groups excluding carboxylic acids is 3. The summed E-state index contributed by atoms with van der Waals surface area (Å²) < 4.78 is 0. The van der Waals surface area contributed by atoms with Crippen LogP contribution in [0.2, 0.25) is 0 Å². The van der Waals surface area contributed by atoms with Crippen molar-refractivity contribution in [1.29, 1.82) is 0 Å². The van der Waals surface area contributed by atoms with Gasteiger partial charge in [-0.3, -0.25) is 14.4 Å². The van der Waals surface area contributed by atoms with Crippen LogP contribution in [0.1, 0.15) is 53.3 Å². The van der Waals surface area contributed by atoms with E-state index >= 15 is 0 Å². The highest BCUT2D eigenvalue weighted by Gasteiger charge is 2.26. The van der Waals surface area contributed by atoms with Gasteiger partial charge in [0.1, 0.15) is 0 Å². The Bertz CT molecular complexity index is 878. The molecule has 0 bridgehead atoms. The van der Waals surface area contributed by atoms with Crippen LogP contribution in [0.3, 0.4) is 0 Å². The van der Waals surface area contributed by atoms with E-state index in [1.54, 1.807) is 18.2 Å². The normalized spacial score (nSPS) is 13.2. The Morgan fingerprint density at radius 1 is 0.870 bits per heavy atom. The number of fused-ring (bicyclic) bond motifs is 1. The van der Waals surface area contributed by atoms with Crippen LogP contribution >= 0.6 is 0 Å². The SMILES string of the molecule is Cc1cc(C)c(C(=O)c2cccc3c2C(=O)C=CC3=O)c(C)c1. The highest BCUT2D eigenvalue weighted by Crippen LogP contribution is 2.26. The van der Waals surface area contributed by atoms with Gasteiger partial charge in [0.25, 0.3) is 0 Å². The van der Waals surface area contributed by atoms with Crippen molar-refractivity contribution in [2.75, 3.05) is 0 Å². The molecule has 23 heavy (non-hydrogen) atoms. The smallest absolute Gasteiger partial charge is 0.194 e. The topological polar surface area (TPSA) is 51.2 Å². The molecule has 0 spiro atoms. The molecule has 0 amide bonds. The third-order valence-corrected chi connectivity index (χ3v) is 4.11. The third kappa shape index (κ3) is 2.44. The second kappa shape index (κ2) is 5.43. The first-order valence-corrected chi connectivity index (χ1v) is 7.42. The quantitative estimate of drug-likeness (QED) is 0.793. The molecule has 0 aliphatic heterocycles. The molecule has 3 nitrogen and oxygen atoms in total. The maximum atomic E-state index is 13.0. The number of benzene rings is 2. The summed E-state index contributed by atoms with van der Waals surface area (Å²) in [6.45, 7) is 5.75.